The highest BCUT2D eigenvalue weighted by atomic mass is 79.9. The first-order chi connectivity index (χ1) is 8.77. The van der Waals surface area contributed by atoms with Gasteiger partial charge in [-0.25, -0.2) is 4.79 Å². The zero-order valence-electron chi connectivity index (χ0n) is 9.81. The lowest BCUT2D eigenvalue weighted by molar-refractivity contribution is 0.0520. The van der Waals surface area contributed by atoms with Gasteiger partial charge in [-0.1, -0.05) is 40.2 Å². The van der Waals surface area contributed by atoms with E-state index in [9.17, 15) is 4.79 Å². The van der Waals surface area contributed by atoms with E-state index in [1.807, 2.05) is 24.3 Å². The van der Waals surface area contributed by atoms with Gasteiger partial charge in [0.25, 0.3) is 0 Å². The molecule has 1 heterocycles. The lowest BCUT2D eigenvalue weighted by Gasteiger charge is -2.05. The smallest absolute Gasteiger partial charge is 0.361 e. The van der Waals surface area contributed by atoms with Gasteiger partial charge in [-0.3, -0.25) is 0 Å². The van der Waals surface area contributed by atoms with Gasteiger partial charge in [0, 0.05) is 10.9 Å². The maximum Gasteiger partial charge on any atom is 0.361 e. The quantitative estimate of drug-likeness (QED) is 0.696. The normalized spacial score (nSPS) is 10.3. The van der Waals surface area contributed by atoms with Crippen molar-refractivity contribution in [2.24, 2.45) is 0 Å². The summed E-state index contributed by atoms with van der Waals surface area (Å²) in [5.41, 5.74) is 2.64. The summed E-state index contributed by atoms with van der Waals surface area (Å²) >= 11 is 3.41. The van der Waals surface area contributed by atoms with Gasteiger partial charge >= 0.3 is 5.97 Å². The molecule has 0 saturated heterocycles. The van der Waals surface area contributed by atoms with Crippen molar-refractivity contribution in [1.82, 2.24) is 15.4 Å². The number of esters is 1. The lowest BCUT2D eigenvalue weighted by Crippen LogP contribution is -2.07. The molecule has 0 radical (unpaired) electrons. The highest BCUT2D eigenvalue weighted by Crippen LogP contribution is 2.25. The second-order valence-electron chi connectivity index (χ2n) is 3.53. The molecule has 2 aromatic rings. The van der Waals surface area contributed by atoms with Crippen LogP contribution in [0.5, 0.6) is 0 Å². The van der Waals surface area contributed by atoms with Crippen LogP contribution >= 0.6 is 15.9 Å². The first-order valence-electron chi connectivity index (χ1n) is 5.50. The molecule has 0 bridgehead atoms. The predicted molar refractivity (Wildman–Crippen MR) is 70.4 cm³/mol. The van der Waals surface area contributed by atoms with Gasteiger partial charge in [-0.15, -0.1) is 5.10 Å². The molecule has 94 valence electrons. The Morgan fingerprint density at radius 2 is 2.17 bits per heavy atom. The van der Waals surface area contributed by atoms with Crippen LogP contribution in [-0.2, 0) is 10.1 Å². The summed E-state index contributed by atoms with van der Waals surface area (Å²) in [7, 11) is 0. The Bertz CT molecular complexity index is 554. The van der Waals surface area contributed by atoms with Crippen molar-refractivity contribution in [3.8, 4) is 11.3 Å². The van der Waals surface area contributed by atoms with E-state index in [1.54, 1.807) is 6.92 Å². The van der Waals surface area contributed by atoms with Crippen molar-refractivity contribution >= 4 is 21.9 Å². The van der Waals surface area contributed by atoms with Crippen LogP contribution in [0, 0.1) is 0 Å². The number of rotatable bonds is 4. The van der Waals surface area contributed by atoms with Gasteiger partial charge < -0.3 is 4.74 Å². The predicted octanol–water partition coefficient (Wildman–Crippen LogP) is 2.54. The Labute approximate surface area is 113 Å². The lowest BCUT2D eigenvalue weighted by atomic mass is 10.0. The number of nitrogens with zero attached hydrogens (tertiary/aromatic N) is 2. The van der Waals surface area contributed by atoms with Gasteiger partial charge in [0.2, 0.25) is 0 Å². The van der Waals surface area contributed by atoms with E-state index in [-0.39, 0.29) is 5.69 Å². The number of aromatic amines is 1. The number of hydrogen-bond donors (Lipinski definition) is 1. The van der Waals surface area contributed by atoms with E-state index in [0.717, 1.165) is 11.1 Å². The number of hydrogen-bond acceptors (Lipinski definition) is 4. The Kier molecular flexibility index (Phi) is 4.09. The molecule has 1 aromatic heterocycles. The molecule has 0 amide bonds. The average Bonchev–Trinajstić information content (AvgIpc) is 2.88. The molecule has 0 aliphatic heterocycles. The minimum atomic E-state index is -0.467. The molecule has 1 aromatic carbocycles. The number of alkyl halides is 1. The van der Waals surface area contributed by atoms with Crippen molar-refractivity contribution in [2.45, 2.75) is 12.3 Å². The molecule has 0 atom stereocenters. The first-order valence-corrected chi connectivity index (χ1v) is 6.62. The molecular weight excluding hydrogens is 298 g/mol. The van der Waals surface area contributed by atoms with Crippen LogP contribution in [0.1, 0.15) is 23.0 Å². The van der Waals surface area contributed by atoms with E-state index in [1.165, 1.54) is 0 Å². The zero-order valence-corrected chi connectivity index (χ0v) is 11.4. The Balaban J connectivity index is 2.45. The number of H-pyrrole nitrogens is 1. The van der Waals surface area contributed by atoms with Crippen LogP contribution < -0.4 is 0 Å². The Hall–Kier alpha value is -1.69. The summed E-state index contributed by atoms with van der Waals surface area (Å²) in [5, 5.41) is 11.1. The summed E-state index contributed by atoms with van der Waals surface area (Å²) in [4.78, 5) is 11.7. The van der Waals surface area contributed by atoms with Crippen LogP contribution in [0.3, 0.4) is 0 Å². The van der Waals surface area contributed by atoms with Gasteiger partial charge in [0.15, 0.2) is 5.69 Å². The number of halogens is 1. The molecule has 1 N–H and O–H groups in total. The van der Waals surface area contributed by atoms with Crippen LogP contribution in [0.2, 0.25) is 0 Å². The fourth-order valence-corrected chi connectivity index (χ4v) is 2.12. The van der Waals surface area contributed by atoms with Gasteiger partial charge in [0.05, 0.1) is 6.61 Å². The number of nitrogens with one attached hydrogen (secondary N) is 1. The Morgan fingerprint density at radius 3 is 2.89 bits per heavy atom. The number of ether oxygens (including phenoxy) is 1. The van der Waals surface area contributed by atoms with E-state index < -0.39 is 5.97 Å². The summed E-state index contributed by atoms with van der Waals surface area (Å²) in [5.74, 6) is -0.467. The topological polar surface area (TPSA) is 67.9 Å². The van der Waals surface area contributed by atoms with Crippen molar-refractivity contribution in [3.63, 3.8) is 0 Å². The molecule has 5 nitrogen and oxygen atoms in total. The number of aromatic nitrogens is 3. The highest BCUT2D eigenvalue weighted by Gasteiger charge is 2.20. The minimum Gasteiger partial charge on any atom is -0.461 e. The molecule has 0 aliphatic carbocycles. The van der Waals surface area contributed by atoms with Crippen molar-refractivity contribution < 1.29 is 9.53 Å². The summed E-state index contributed by atoms with van der Waals surface area (Å²) in [6.07, 6.45) is 0. The van der Waals surface area contributed by atoms with Crippen LogP contribution in [0.4, 0.5) is 0 Å². The molecule has 0 fully saturated rings. The number of carbonyl (C=O) groups is 1. The standard InChI is InChI=1S/C12H12BrN3O2/c1-2-18-12(17)11-10(14-16-15-11)9-6-4-3-5-8(9)7-13/h3-6H,2,7H2,1H3,(H,14,15,16). The summed E-state index contributed by atoms with van der Waals surface area (Å²) in [6.45, 7) is 2.06. The maximum absolute atomic E-state index is 11.7. The maximum atomic E-state index is 11.7. The SMILES string of the molecule is CCOC(=O)c1n[nH]nc1-c1ccccc1CBr. The second kappa shape index (κ2) is 5.77. The molecule has 6 heteroatoms. The zero-order chi connectivity index (χ0) is 13.0. The van der Waals surface area contributed by atoms with E-state index in [2.05, 4.69) is 31.3 Å². The molecule has 0 unspecified atom stereocenters. The summed E-state index contributed by atoms with van der Waals surface area (Å²) in [6, 6.07) is 7.69. The molecule has 0 saturated carbocycles. The van der Waals surface area contributed by atoms with Crippen LogP contribution in [0.15, 0.2) is 24.3 Å². The second-order valence-corrected chi connectivity index (χ2v) is 4.09. The minimum absolute atomic E-state index is 0.213. The summed E-state index contributed by atoms with van der Waals surface area (Å²) < 4.78 is 4.95. The fraction of sp³-hybridized carbons (Fsp3) is 0.250. The van der Waals surface area contributed by atoms with Crippen LogP contribution in [-0.4, -0.2) is 28.0 Å². The molecule has 0 aliphatic rings. The monoisotopic (exact) mass is 309 g/mol. The average molecular weight is 310 g/mol. The van der Waals surface area contributed by atoms with Crippen molar-refractivity contribution in [3.05, 3.63) is 35.5 Å². The van der Waals surface area contributed by atoms with Gasteiger partial charge in [0.1, 0.15) is 5.69 Å². The molecular formula is C12H12BrN3O2. The largest absolute Gasteiger partial charge is 0.461 e. The first kappa shape index (κ1) is 12.8. The van der Waals surface area contributed by atoms with Gasteiger partial charge in [-0.05, 0) is 12.5 Å². The highest BCUT2D eigenvalue weighted by molar-refractivity contribution is 9.08. The van der Waals surface area contributed by atoms with Crippen molar-refractivity contribution in [1.29, 1.82) is 0 Å². The van der Waals surface area contributed by atoms with E-state index >= 15 is 0 Å². The van der Waals surface area contributed by atoms with Crippen molar-refractivity contribution in [2.75, 3.05) is 6.61 Å². The third kappa shape index (κ3) is 2.43. The van der Waals surface area contributed by atoms with E-state index in [0.29, 0.717) is 17.6 Å². The number of carbonyl (C=O) groups excluding carboxylic acids is 1. The molecule has 0 spiro atoms. The Morgan fingerprint density at radius 1 is 1.39 bits per heavy atom. The van der Waals surface area contributed by atoms with Gasteiger partial charge in [-0.2, -0.15) is 10.3 Å². The van der Waals surface area contributed by atoms with Crippen LogP contribution in [0.25, 0.3) is 11.3 Å². The van der Waals surface area contributed by atoms with E-state index in [4.69, 9.17) is 4.74 Å². The number of benzene rings is 1. The molecule has 2 rings (SSSR count). The third-order valence-electron chi connectivity index (χ3n) is 2.43. The fourth-order valence-electron chi connectivity index (χ4n) is 1.63. The molecule has 18 heavy (non-hydrogen) atoms. The third-order valence-corrected chi connectivity index (χ3v) is 3.04.